The van der Waals surface area contributed by atoms with Crippen molar-refractivity contribution >= 4 is 10.0 Å². The van der Waals surface area contributed by atoms with Crippen molar-refractivity contribution in [2.24, 2.45) is 0 Å². The minimum atomic E-state index is -3.80. The zero-order valence-corrected chi connectivity index (χ0v) is 14.6. The van der Waals surface area contributed by atoms with E-state index >= 15 is 0 Å². The van der Waals surface area contributed by atoms with Gasteiger partial charge in [-0.15, -0.1) is 0 Å². The van der Waals surface area contributed by atoms with Gasteiger partial charge in [0.15, 0.2) is 0 Å². The molecule has 1 heterocycles. The van der Waals surface area contributed by atoms with Crippen molar-refractivity contribution in [3.8, 4) is 17.4 Å². The molecule has 0 aliphatic heterocycles. The first-order valence-electron chi connectivity index (χ1n) is 7.30. The van der Waals surface area contributed by atoms with Crippen LogP contribution in [0.3, 0.4) is 0 Å². The summed E-state index contributed by atoms with van der Waals surface area (Å²) in [6, 6.07) is 8.06. The Labute approximate surface area is 141 Å². The molecule has 8 heteroatoms. The Hall–Kier alpha value is -2.32. The maximum absolute atomic E-state index is 12.6. The smallest absolute Gasteiger partial charge is 0.244 e. The number of nitrogens with one attached hydrogen (secondary N) is 1. The first-order valence-corrected chi connectivity index (χ1v) is 8.78. The van der Waals surface area contributed by atoms with Crippen LogP contribution >= 0.6 is 0 Å². The van der Waals surface area contributed by atoms with Crippen molar-refractivity contribution in [3.05, 3.63) is 42.1 Å². The fourth-order valence-corrected chi connectivity index (χ4v) is 3.26. The topological polar surface area (TPSA) is 86.8 Å². The van der Waals surface area contributed by atoms with Crippen LogP contribution in [0.15, 0.2) is 41.4 Å². The maximum Gasteiger partial charge on any atom is 0.244 e. The van der Waals surface area contributed by atoms with E-state index in [1.807, 2.05) is 6.92 Å². The Morgan fingerprint density at radius 3 is 2.62 bits per heavy atom. The Balaban J connectivity index is 2.26. The van der Waals surface area contributed by atoms with Gasteiger partial charge in [0.25, 0.3) is 0 Å². The zero-order chi connectivity index (χ0) is 17.6. The number of ether oxygens (including phenoxy) is 3. The summed E-state index contributed by atoms with van der Waals surface area (Å²) in [4.78, 5) is 4.11. The largest absolute Gasteiger partial charge is 0.497 e. The highest BCUT2D eigenvalue weighted by molar-refractivity contribution is 7.89. The summed E-state index contributed by atoms with van der Waals surface area (Å²) in [6.07, 6.45) is 1.59. The summed E-state index contributed by atoms with van der Waals surface area (Å²) in [5.74, 6) is 1.06. The highest BCUT2D eigenvalue weighted by atomic mass is 32.2. The minimum absolute atomic E-state index is 0.00574. The number of hydrogen-bond donors (Lipinski definition) is 1. The zero-order valence-electron chi connectivity index (χ0n) is 13.8. The lowest BCUT2D eigenvalue weighted by molar-refractivity contribution is 0.322. The maximum atomic E-state index is 12.6. The van der Waals surface area contributed by atoms with Gasteiger partial charge in [-0.25, -0.2) is 18.1 Å². The van der Waals surface area contributed by atoms with E-state index in [1.165, 1.54) is 20.3 Å². The predicted octanol–water partition coefficient (Wildman–Crippen LogP) is 1.98. The number of nitrogens with zero attached hydrogens (tertiary/aromatic N) is 1. The molecule has 0 unspecified atom stereocenters. The first kappa shape index (κ1) is 18.0. The van der Waals surface area contributed by atoms with E-state index in [0.717, 1.165) is 0 Å². The van der Waals surface area contributed by atoms with E-state index in [4.69, 9.17) is 14.2 Å². The van der Waals surface area contributed by atoms with Gasteiger partial charge in [0.1, 0.15) is 16.4 Å². The molecule has 2 aromatic rings. The standard InChI is InChI=1S/C16H20N2O5S/c1-4-23-16-12(6-5-9-17-16)11-18-24(19,20)15-10-13(21-2)7-8-14(15)22-3/h5-10,18H,4,11H2,1-3H3. The number of benzene rings is 1. The second-order valence-corrected chi connectivity index (χ2v) is 6.48. The number of hydrogen-bond acceptors (Lipinski definition) is 6. The van der Waals surface area contributed by atoms with E-state index in [1.54, 1.807) is 30.5 Å². The van der Waals surface area contributed by atoms with Crippen molar-refractivity contribution in [3.63, 3.8) is 0 Å². The SMILES string of the molecule is CCOc1ncccc1CNS(=O)(=O)c1cc(OC)ccc1OC. The third-order valence-electron chi connectivity index (χ3n) is 3.24. The molecule has 0 amide bonds. The van der Waals surface area contributed by atoms with Crippen LogP contribution in [-0.4, -0.2) is 34.2 Å². The molecule has 0 saturated carbocycles. The van der Waals surface area contributed by atoms with Crippen LogP contribution in [-0.2, 0) is 16.6 Å². The lowest BCUT2D eigenvalue weighted by atomic mass is 10.3. The van der Waals surface area contributed by atoms with E-state index in [9.17, 15) is 8.42 Å². The molecule has 2 rings (SSSR count). The van der Waals surface area contributed by atoms with Crippen molar-refractivity contribution < 1.29 is 22.6 Å². The van der Waals surface area contributed by atoms with Crippen molar-refractivity contribution in [1.29, 1.82) is 0 Å². The van der Waals surface area contributed by atoms with E-state index in [0.29, 0.717) is 23.8 Å². The second-order valence-electron chi connectivity index (χ2n) is 4.74. The van der Waals surface area contributed by atoms with Gasteiger partial charge in [-0.2, -0.15) is 0 Å². The van der Waals surface area contributed by atoms with E-state index in [-0.39, 0.29) is 17.2 Å². The number of pyridine rings is 1. The van der Waals surface area contributed by atoms with Gasteiger partial charge in [-0.05, 0) is 25.1 Å². The third kappa shape index (κ3) is 4.15. The highest BCUT2D eigenvalue weighted by Gasteiger charge is 2.21. The average molecular weight is 352 g/mol. The normalized spacial score (nSPS) is 11.1. The minimum Gasteiger partial charge on any atom is -0.497 e. The Kier molecular flexibility index (Phi) is 5.99. The van der Waals surface area contributed by atoms with E-state index < -0.39 is 10.0 Å². The number of methoxy groups -OCH3 is 2. The monoisotopic (exact) mass is 352 g/mol. The molecule has 24 heavy (non-hydrogen) atoms. The summed E-state index contributed by atoms with van der Waals surface area (Å²) in [6.45, 7) is 2.33. The third-order valence-corrected chi connectivity index (χ3v) is 4.67. The molecular formula is C16H20N2O5S. The van der Waals surface area contributed by atoms with Gasteiger partial charge in [0, 0.05) is 24.4 Å². The molecule has 0 atom stereocenters. The first-order chi connectivity index (χ1) is 11.5. The lowest BCUT2D eigenvalue weighted by Crippen LogP contribution is -2.24. The molecule has 7 nitrogen and oxygen atoms in total. The quantitative estimate of drug-likeness (QED) is 0.782. The number of aromatic nitrogens is 1. The molecular weight excluding hydrogens is 332 g/mol. The van der Waals surface area contributed by atoms with Crippen molar-refractivity contribution in [1.82, 2.24) is 9.71 Å². The summed E-state index contributed by atoms with van der Waals surface area (Å²) >= 11 is 0. The van der Waals surface area contributed by atoms with Gasteiger partial charge in [0.05, 0.1) is 20.8 Å². The van der Waals surface area contributed by atoms with Crippen LogP contribution < -0.4 is 18.9 Å². The number of rotatable bonds is 8. The molecule has 0 aliphatic carbocycles. The van der Waals surface area contributed by atoms with Crippen LogP contribution in [0.4, 0.5) is 0 Å². The van der Waals surface area contributed by atoms with E-state index in [2.05, 4.69) is 9.71 Å². The Morgan fingerprint density at radius 1 is 1.17 bits per heavy atom. The van der Waals surface area contributed by atoms with Gasteiger partial charge >= 0.3 is 0 Å². The molecule has 0 aliphatic rings. The fourth-order valence-electron chi connectivity index (χ4n) is 2.07. The second kappa shape index (κ2) is 7.98. The van der Waals surface area contributed by atoms with Crippen LogP contribution in [0.2, 0.25) is 0 Å². The molecule has 0 radical (unpaired) electrons. The molecule has 0 saturated heterocycles. The predicted molar refractivity (Wildman–Crippen MR) is 89.0 cm³/mol. The number of sulfonamides is 1. The lowest BCUT2D eigenvalue weighted by Gasteiger charge is -2.13. The Morgan fingerprint density at radius 2 is 1.96 bits per heavy atom. The molecule has 0 fully saturated rings. The molecule has 130 valence electrons. The fraction of sp³-hybridized carbons (Fsp3) is 0.312. The van der Waals surface area contributed by atoms with Crippen molar-refractivity contribution in [2.75, 3.05) is 20.8 Å². The average Bonchev–Trinajstić information content (AvgIpc) is 2.60. The summed E-state index contributed by atoms with van der Waals surface area (Å²) in [5, 5.41) is 0. The summed E-state index contributed by atoms with van der Waals surface area (Å²) in [5.41, 5.74) is 0.643. The van der Waals surface area contributed by atoms with Crippen molar-refractivity contribution in [2.45, 2.75) is 18.4 Å². The molecule has 1 aromatic carbocycles. The Bertz CT molecular complexity index is 793. The van der Waals surface area contributed by atoms with Gasteiger partial charge in [0.2, 0.25) is 15.9 Å². The van der Waals surface area contributed by atoms with Gasteiger partial charge in [-0.3, -0.25) is 0 Å². The summed E-state index contributed by atoms with van der Waals surface area (Å²) in [7, 11) is -0.924. The van der Waals surface area contributed by atoms with Crippen LogP contribution in [0.25, 0.3) is 0 Å². The van der Waals surface area contributed by atoms with Crippen LogP contribution in [0.5, 0.6) is 17.4 Å². The summed E-state index contributed by atoms with van der Waals surface area (Å²) < 4.78 is 43.4. The van der Waals surface area contributed by atoms with Crippen LogP contribution in [0.1, 0.15) is 12.5 Å². The van der Waals surface area contributed by atoms with Gasteiger partial charge < -0.3 is 14.2 Å². The molecule has 0 bridgehead atoms. The van der Waals surface area contributed by atoms with Gasteiger partial charge in [-0.1, -0.05) is 6.07 Å². The highest BCUT2D eigenvalue weighted by Crippen LogP contribution is 2.28. The van der Waals surface area contributed by atoms with Crippen LogP contribution in [0, 0.1) is 0 Å². The molecule has 0 spiro atoms. The molecule has 1 aromatic heterocycles. The molecule has 1 N–H and O–H groups in total.